The molecule has 6 rings (SSSR count). The Kier molecular flexibility index (Phi) is 9.92. The lowest BCUT2D eigenvalue weighted by Crippen LogP contribution is -2.47. The van der Waals surface area contributed by atoms with Crippen LogP contribution in [0.3, 0.4) is 0 Å². The van der Waals surface area contributed by atoms with Gasteiger partial charge in [-0.25, -0.2) is 4.98 Å². The second kappa shape index (κ2) is 14.4. The molecule has 5 aromatic rings. The Labute approximate surface area is 268 Å². The first-order valence-corrected chi connectivity index (χ1v) is 16.4. The van der Waals surface area contributed by atoms with Gasteiger partial charge in [0.1, 0.15) is 5.75 Å². The highest BCUT2D eigenvalue weighted by Gasteiger charge is 2.17. The van der Waals surface area contributed by atoms with Crippen LogP contribution in [0.5, 0.6) is 5.75 Å². The van der Waals surface area contributed by atoms with Gasteiger partial charge < -0.3 is 24.8 Å². The topological polar surface area (TPSA) is 43.9 Å². The molecule has 0 radical (unpaired) electrons. The van der Waals surface area contributed by atoms with Crippen LogP contribution in [0.2, 0.25) is 0 Å². The number of pyridine rings is 1. The molecule has 0 aliphatic carbocycles. The Bertz CT molecular complexity index is 1580. The summed E-state index contributed by atoms with van der Waals surface area (Å²) in [5.74, 6) is 0.855. The SMILES string of the molecule is COc1ccc2nc3cc(I)ccc3c(NCCCN3CCN(CCCN(c4ccccc4)c4ccccc4)CC3)c2c1. The molecule has 1 N–H and O–H groups in total. The molecule has 0 atom stereocenters. The summed E-state index contributed by atoms with van der Waals surface area (Å²) in [7, 11) is 1.72. The average molecular weight is 686 g/mol. The van der Waals surface area contributed by atoms with Crippen LogP contribution >= 0.6 is 22.6 Å². The lowest BCUT2D eigenvalue weighted by molar-refractivity contribution is 0.132. The summed E-state index contributed by atoms with van der Waals surface area (Å²) in [5.41, 5.74) is 5.69. The number of nitrogens with zero attached hydrogens (tertiary/aromatic N) is 4. The maximum Gasteiger partial charge on any atom is 0.119 e. The molecule has 43 heavy (non-hydrogen) atoms. The molecule has 2 heterocycles. The van der Waals surface area contributed by atoms with Gasteiger partial charge in [0, 0.05) is 65.0 Å². The zero-order chi connectivity index (χ0) is 29.4. The van der Waals surface area contributed by atoms with Crippen LogP contribution in [0.15, 0.2) is 97.1 Å². The van der Waals surface area contributed by atoms with E-state index in [0.29, 0.717) is 0 Å². The molecular weight excluding hydrogens is 645 g/mol. The Morgan fingerprint density at radius 3 is 2.05 bits per heavy atom. The summed E-state index contributed by atoms with van der Waals surface area (Å²) < 4.78 is 6.72. The summed E-state index contributed by atoms with van der Waals surface area (Å²) in [5, 5.41) is 6.05. The summed E-state index contributed by atoms with van der Waals surface area (Å²) in [6, 6.07) is 34.1. The number of para-hydroxylation sites is 2. The number of fused-ring (bicyclic) bond motifs is 2. The largest absolute Gasteiger partial charge is 0.497 e. The van der Waals surface area contributed by atoms with Crippen molar-refractivity contribution in [3.8, 4) is 5.75 Å². The Morgan fingerprint density at radius 2 is 1.40 bits per heavy atom. The highest BCUT2D eigenvalue weighted by molar-refractivity contribution is 14.1. The average Bonchev–Trinajstić information content (AvgIpc) is 3.05. The number of anilines is 3. The molecule has 4 aromatic carbocycles. The molecule has 1 aliphatic rings. The summed E-state index contributed by atoms with van der Waals surface area (Å²) in [4.78, 5) is 12.6. The predicted octanol–water partition coefficient (Wildman–Crippen LogP) is 7.65. The van der Waals surface area contributed by atoms with Gasteiger partial charge in [-0.1, -0.05) is 36.4 Å². The molecular formula is C36H40IN5O. The summed E-state index contributed by atoms with van der Waals surface area (Å²) >= 11 is 2.36. The van der Waals surface area contributed by atoms with E-state index in [1.165, 1.54) is 14.9 Å². The summed E-state index contributed by atoms with van der Waals surface area (Å²) in [6.45, 7) is 8.74. The van der Waals surface area contributed by atoms with Crippen LogP contribution < -0.4 is 15.0 Å². The number of hydrogen-bond donors (Lipinski definition) is 1. The van der Waals surface area contributed by atoms with Crippen LogP contribution in [0.4, 0.5) is 17.1 Å². The normalized spacial score (nSPS) is 14.3. The van der Waals surface area contributed by atoms with E-state index in [-0.39, 0.29) is 0 Å². The van der Waals surface area contributed by atoms with Gasteiger partial charge in [0.05, 0.1) is 23.8 Å². The fourth-order valence-electron chi connectivity index (χ4n) is 6.04. The zero-order valence-corrected chi connectivity index (χ0v) is 27.0. The lowest BCUT2D eigenvalue weighted by atomic mass is 10.1. The minimum Gasteiger partial charge on any atom is -0.497 e. The second-order valence-electron chi connectivity index (χ2n) is 11.2. The first-order chi connectivity index (χ1) is 21.2. The van der Waals surface area contributed by atoms with E-state index in [1.54, 1.807) is 7.11 Å². The highest BCUT2D eigenvalue weighted by Crippen LogP contribution is 2.34. The van der Waals surface area contributed by atoms with E-state index in [1.807, 2.05) is 6.07 Å². The van der Waals surface area contributed by atoms with Crippen LogP contribution in [-0.2, 0) is 0 Å². The minimum absolute atomic E-state index is 0.855. The molecule has 0 unspecified atom stereocenters. The van der Waals surface area contributed by atoms with Crippen molar-refractivity contribution in [2.75, 3.05) is 69.7 Å². The first-order valence-electron chi connectivity index (χ1n) is 15.3. The van der Waals surface area contributed by atoms with Gasteiger partial charge in [-0.2, -0.15) is 0 Å². The van der Waals surface area contributed by atoms with E-state index < -0.39 is 0 Å². The third kappa shape index (κ3) is 7.40. The van der Waals surface area contributed by atoms with Crippen molar-refractivity contribution in [3.63, 3.8) is 0 Å². The molecule has 1 aliphatic heterocycles. The van der Waals surface area contributed by atoms with Gasteiger partial charge in [0.15, 0.2) is 0 Å². The maximum atomic E-state index is 5.53. The van der Waals surface area contributed by atoms with Crippen molar-refractivity contribution >= 4 is 61.5 Å². The van der Waals surface area contributed by atoms with E-state index >= 15 is 0 Å². The van der Waals surface area contributed by atoms with Crippen molar-refractivity contribution in [2.24, 2.45) is 0 Å². The zero-order valence-electron chi connectivity index (χ0n) is 24.9. The molecule has 1 fully saturated rings. The van der Waals surface area contributed by atoms with E-state index in [2.05, 4.69) is 134 Å². The van der Waals surface area contributed by atoms with Gasteiger partial charge >= 0.3 is 0 Å². The van der Waals surface area contributed by atoms with Crippen molar-refractivity contribution < 1.29 is 4.74 Å². The molecule has 1 saturated heterocycles. The molecule has 0 spiro atoms. The van der Waals surface area contributed by atoms with E-state index in [4.69, 9.17) is 9.72 Å². The van der Waals surface area contributed by atoms with Gasteiger partial charge in [0.25, 0.3) is 0 Å². The first kappa shape index (κ1) is 29.7. The fourth-order valence-corrected chi connectivity index (χ4v) is 6.52. The lowest BCUT2D eigenvalue weighted by Gasteiger charge is -2.35. The number of ether oxygens (including phenoxy) is 1. The molecule has 6 nitrogen and oxygen atoms in total. The van der Waals surface area contributed by atoms with Crippen molar-refractivity contribution in [2.45, 2.75) is 12.8 Å². The van der Waals surface area contributed by atoms with E-state index in [0.717, 1.165) is 98.4 Å². The molecule has 7 heteroatoms. The number of benzene rings is 4. The number of nitrogens with one attached hydrogen (secondary N) is 1. The van der Waals surface area contributed by atoms with Gasteiger partial charge in [-0.15, -0.1) is 0 Å². The summed E-state index contributed by atoms with van der Waals surface area (Å²) in [6.07, 6.45) is 2.24. The third-order valence-electron chi connectivity index (χ3n) is 8.35. The number of rotatable bonds is 12. The van der Waals surface area contributed by atoms with Crippen molar-refractivity contribution in [1.29, 1.82) is 0 Å². The predicted molar refractivity (Wildman–Crippen MR) is 189 cm³/mol. The number of hydrogen-bond acceptors (Lipinski definition) is 6. The Balaban J connectivity index is 0.988. The molecule has 0 amide bonds. The van der Waals surface area contributed by atoms with Crippen molar-refractivity contribution in [1.82, 2.24) is 14.8 Å². The molecule has 0 saturated carbocycles. The van der Waals surface area contributed by atoms with Gasteiger partial charge in [-0.05, 0) is 109 Å². The molecule has 222 valence electrons. The number of aromatic nitrogens is 1. The Morgan fingerprint density at radius 1 is 0.744 bits per heavy atom. The quantitative estimate of drug-likeness (QED) is 0.0828. The van der Waals surface area contributed by atoms with Crippen LogP contribution in [0, 0.1) is 3.57 Å². The van der Waals surface area contributed by atoms with Gasteiger partial charge in [-0.3, -0.25) is 0 Å². The smallest absolute Gasteiger partial charge is 0.119 e. The monoisotopic (exact) mass is 685 g/mol. The molecule has 1 aromatic heterocycles. The highest BCUT2D eigenvalue weighted by atomic mass is 127. The minimum atomic E-state index is 0.855. The standard InChI is InChI=1S/C36H40IN5O/c1-43-31-15-17-34-33(27-31)36(32-16-14-28(37)26-35(32)39-34)38-18-8-19-40-22-24-41(25-23-40)20-9-21-42(29-10-4-2-5-11-29)30-12-6-3-7-13-30/h2-7,10-17,26-27H,8-9,18-25H2,1H3,(H,38,39). The second-order valence-corrected chi connectivity index (χ2v) is 12.4. The van der Waals surface area contributed by atoms with E-state index in [9.17, 15) is 0 Å². The van der Waals surface area contributed by atoms with Crippen LogP contribution in [-0.4, -0.2) is 74.3 Å². The third-order valence-corrected chi connectivity index (χ3v) is 9.02. The molecule has 0 bridgehead atoms. The number of halogens is 1. The number of methoxy groups -OCH3 is 1. The maximum absolute atomic E-state index is 5.53. The Hall–Kier alpha value is -3.40. The fraction of sp³-hybridized carbons (Fsp3) is 0.306. The van der Waals surface area contributed by atoms with Gasteiger partial charge in [0.2, 0.25) is 0 Å². The van der Waals surface area contributed by atoms with Crippen LogP contribution in [0.1, 0.15) is 12.8 Å². The van der Waals surface area contributed by atoms with Crippen molar-refractivity contribution in [3.05, 3.63) is 101 Å². The van der Waals surface area contributed by atoms with Crippen LogP contribution in [0.25, 0.3) is 21.8 Å². The number of piperazine rings is 1.